The topological polar surface area (TPSA) is 43.4 Å². The van der Waals surface area contributed by atoms with Crippen molar-refractivity contribution in [3.05, 3.63) is 81.8 Å². The quantitative estimate of drug-likeness (QED) is 0.255. The van der Waals surface area contributed by atoms with Crippen LogP contribution in [0.25, 0.3) is 43.8 Å². The molecule has 3 aromatic carbocycles. The lowest BCUT2D eigenvalue weighted by Gasteiger charge is -2.04. The molecule has 0 fully saturated rings. The fourth-order valence-electron chi connectivity index (χ4n) is 3.25. The maximum Gasteiger partial charge on any atom is 0.344 e. The summed E-state index contributed by atoms with van der Waals surface area (Å²) in [5, 5.41) is 3.37. The lowest BCUT2D eigenvalue weighted by Crippen LogP contribution is -1.99. The smallest absolute Gasteiger partial charge is 0.344 e. The molecule has 0 unspecified atom stereocenters. The van der Waals surface area contributed by atoms with Gasteiger partial charge in [0.15, 0.2) is 0 Å². The summed E-state index contributed by atoms with van der Waals surface area (Å²) in [6.07, 6.45) is 1.74. The predicted molar refractivity (Wildman–Crippen MR) is 103 cm³/mol. The summed E-state index contributed by atoms with van der Waals surface area (Å²) < 4.78 is 12.2. The van der Waals surface area contributed by atoms with Gasteiger partial charge in [0.2, 0.25) is 0 Å². The third-order valence-electron chi connectivity index (χ3n) is 4.47. The number of fused-ring (bicyclic) bond motifs is 4. The van der Waals surface area contributed by atoms with E-state index in [9.17, 15) is 4.79 Å². The van der Waals surface area contributed by atoms with E-state index in [0.717, 1.165) is 31.8 Å². The van der Waals surface area contributed by atoms with Crippen molar-refractivity contribution in [1.29, 1.82) is 0 Å². The van der Waals surface area contributed by atoms with Crippen molar-refractivity contribution in [1.82, 2.24) is 0 Å². The summed E-state index contributed by atoms with van der Waals surface area (Å²) in [5.41, 5.74) is 2.99. The summed E-state index contributed by atoms with van der Waals surface area (Å²) in [4.78, 5) is 12.2. The van der Waals surface area contributed by atoms with Gasteiger partial charge in [0.25, 0.3) is 0 Å². The highest BCUT2D eigenvalue weighted by molar-refractivity contribution is 9.10. The van der Waals surface area contributed by atoms with Crippen LogP contribution in [-0.2, 0) is 0 Å². The lowest BCUT2D eigenvalue weighted by molar-refractivity contribution is 0.567. The molecule has 5 aromatic rings. The van der Waals surface area contributed by atoms with Crippen LogP contribution in [0.3, 0.4) is 0 Å². The maximum absolute atomic E-state index is 12.2. The van der Waals surface area contributed by atoms with Crippen molar-refractivity contribution in [3.63, 3.8) is 0 Å². The van der Waals surface area contributed by atoms with Crippen LogP contribution in [0.5, 0.6) is 0 Å². The fraction of sp³-hybridized carbons (Fsp3) is 0. The van der Waals surface area contributed by atoms with Gasteiger partial charge in [0, 0.05) is 26.9 Å². The summed E-state index contributed by atoms with van der Waals surface area (Å²) >= 11 is 3.46. The first kappa shape index (κ1) is 14.5. The van der Waals surface area contributed by atoms with Crippen LogP contribution < -0.4 is 5.63 Å². The highest BCUT2D eigenvalue weighted by Gasteiger charge is 2.13. The minimum absolute atomic E-state index is 0.331. The van der Waals surface area contributed by atoms with Gasteiger partial charge in [-0.2, -0.15) is 0 Å². The molecule has 25 heavy (non-hydrogen) atoms. The maximum atomic E-state index is 12.2. The molecule has 3 nitrogen and oxygen atoms in total. The highest BCUT2D eigenvalue weighted by atomic mass is 79.9. The Morgan fingerprint density at radius 2 is 1.52 bits per heavy atom. The van der Waals surface area contributed by atoms with Gasteiger partial charge >= 0.3 is 5.63 Å². The van der Waals surface area contributed by atoms with E-state index in [1.165, 1.54) is 0 Å². The second-order valence-electron chi connectivity index (χ2n) is 5.94. The Labute approximate surface area is 150 Å². The average Bonchev–Trinajstić information content (AvgIpc) is 3.04. The van der Waals surface area contributed by atoms with E-state index in [1.807, 2.05) is 48.5 Å². The third-order valence-corrected chi connectivity index (χ3v) is 5.00. The van der Waals surface area contributed by atoms with Crippen LogP contribution >= 0.6 is 15.9 Å². The summed E-state index contributed by atoms with van der Waals surface area (Å²) in [6.45, 7) is 0. The van der Waals surface area contributed by atoms with E-state index in [0.29, 0.717) is 16.6 Å². The van der Waals surface area contributed by atoms with E-state index < -0.39 is 0 Å². The molecular formula is C21H11BrO3. The molecule has 2 heterocycles. The molecule has 0 aliphatic heterocycles. The minimum atomic E-state index is -0.331. The number of rotatable bonds is 1. The SMILES string of the molecule is O=c1oc2cc3occ(-c4ccc(Br)cc4)c3cc2c2ccccc12. The lowest BCUT2D eigenvalue weighted by atomic mass is 10.0. The molecule has 120 valence electrons. The van der Waals surface area contributed by atoms with Crippen LogP contribution in [0.2, 0.25) is 0 Å². The second-order valence-corrected chi connectivity index (χ2v) is 6.85. The van der Waals surface area contributed by atoms with E-state index in [1.54, 1.807) is 18.4 Å². The van der Waals surface area contributed by atoms with Gasteiger partial charge < -0.3 is 8.83 Å². The van der Waals surface area contributed by atoms with Gasteiger partial charge in [0.05, 0.1) is 11.6 Å². The molecule has 0 saturated carbocycles. The van der Waals surface area contributed by atoms with E-state index in [2.05, 4.69) is 15.9 Å². The molecular weight excluding hydrogens is 380 g/mol. The second kappa shape index (κ2) is 5.33. The molecule has 0 N–H and O–H groups in total. The van der Waals surface area contributed by atoms with Crippen molar-refractivity contribution < 1.29 is 8.83 Å². The van der Waals surface area contributed by atoms with E-state index in [4.69, 9.17) is 8.83 Å². The standard InChI is InChI=1S/C21H11BrO3/c22-13-7-5-12(6-8-13)18-11-24-19-10-20-16(9-17(18)19)14-3-1-2-4-15(14)21(23)25-20/h1-11H. The van der Waals surface area contributed by atoms with E-state index in [-0.39, 0.29) is 5.63 Å². The van der Waals surface area contributed by atoms with Crippen LogP contribution in [0.1, 0.15) is 0 Å². The molecule has 0 bridgehead atoms. The molecule has 0 atom stereocenters. The zero-order valence-electron chi connectivity index (χ0n) is 13.0. The van der Waals surface area contributed by atoms with Crippen molar-refractivity contribution in [3.8, 4) is 11.1 Å². The third kappa shape index (κ3) is 2.22. The van der Waals surface area contributed by atoms with Gasteiger partial charge in [-0.15, -0.1) is 0 Å². The first-order valence-electron chi connectivity index (χ1n) is 7.83. The van der Waals surface area contributed by atoms with Crippen molar-refractivity contribution in [2.75, 3.05) is 0 Å². The van der Waals surface area contributed by atoms with Gasteiger partial charge in [-0.05, 0) is 35.2 Å². The van der Waals surface area contributed by atoms with E-state index >= 15 is 0 Å². The largest absolute Gasteiger partial charge is 0.464 e. The summed E-state index contributed by atoms with van der Waals surface area (Å²) in [7, 11) is 0. The Balaban J connectivity index is 1.89. The molecule has 0 amide bonds. The normalized spacial score (nSPS) is 11.6. The molecule has 4 heteroatoms. The number of hydrogen-bond donors (Lipinski definition) is 0. The molecule has 0 aliphatic rings. The molecule has 2 aromatic heterocycles. The average molecular weight is 391 g/mol. The van der Waals surface area contributed by atoms with Gasteiger partial charge in [-0.3, -0.25) is 0 Å². The van der Waals surface area contributed by atoms with Crippen molar-refractivity contribution in [2.24, 2.45) is 0 Å². The summed E-state index contributed by atoms with van der Waals surface area (Å²) in [5.74, 6) is 0. The Bertz CT molecular complexity index is 1310. The predicted octanol–water partition coefficient (Wildman–Crippen LogP) is 6.12. The number of halogens is 1. The monoisotopic (exact) mass is 390 g/mol. The van der Waals surface area contributed by atoms with Gasteiger partial charge in [-0.1, -0.05) is 46.3 Å². The van der Waals surface area contributed by atoms with Crippen LogP contribution in [0.4, 0.5) is 0 Å². The molecule has 0 saturated heterocycles. The van der Waals surface area contributed by atoms with Crippen LogP contribution in [0, 0.1) is 0 Å². The Morgan fingerprint density at radius 3 is 2.32 bits per heavy atom. The Kier molecular flexibility index (Phi) is 3.09. The highest BCUT2D eigenvalue weighted by Crippen LogP contribution is 2.35. The number of benzene rings is 3. The Morgan fingerprint density at radius 1 is 0.760 bits per heavy atom. The molecule has 5 rings (SSSR count). The minimum Gasteiger partial charge on any atom is -0.464 e. The number of hydrogen-bond acceptors (Lipinski definition) is 3. The molecule has 0 radical (unpaired) electrons. The summed E-state index contributed by atoms with van der Waals surface area (Å²) in [6, 6.07) is 19.4. The number of furan rings is 1. The van der Waals surface area contributed by atoms with Crippen molar-refractivity contribution in [2.45, 2.75) is 0 Å². The first-order chi connectivity index (χ1) is 12.2. The zero-order valence-corrected chi connectivity index (χ0v) is 14.5. The van der Waals surface area contributed by atoms with Gasteiger partial charge in [0.1, 0.15) is 11.2 Å². The molecule has 0 spiro atoms. The van der Waals surface area contributed by atoms with Gasteiger partial charge in [-0.25, -0.2) is 4.79 Å². The Hall–Kier alpha value is -2.85. The molecule has 0 aliphatic carbocycles. The van der Waals surface area contributed by atoms with Crippen LogP contribution in [-0.4, -0.2) is 0 Å². The first-order valence-corrected chi connectivity index (χ1v) is 8.63. The fourth-order valence-corrected chi connectivity index (χ4v) is 3.52. The zero-order chi connectivity index (χ0) is 17.0. The van der Waals surface area contributed by atoms with Crippen molar-refractivity contribution >= 4 is 48.6 Å². The van der Waals surface area contributed by atoms with Crippen LogP contribution in [0.15, 0.2) is 85.0 Å².